The van der Waals surface area contributed by atoms with Crippen molar-refractivity contribution >= 4 is 23.4 Å². The number of rotatable bonds is 6. The Labute approximate surface area is 185 Å². The summed E-state index contributed by atoms with van der Waals surface area (Å²) in [4.78, 5) is 36.4. The summed E-state index contributed by atoms with van der Waals surface area (Å²) in [5.74, 6) is 1.99. The van der Waals surface area contributed by atoms with E-state index in [0.717, 1.165) is 16.3 Å². The number of aromatic amines is 1. The first-order valence-electron chi connectivity index (χ1n) is 10.7. The first-order valence-corrected chi connectivity index (χ1v) is 11.6. The molecular weight excluding hydrogens is 408 g/mol. The number of carbonyl (C=O) groups excluding carboxylic acids is 1. The number of nitrogens with zero attached hydrogens (tertiary/aromatic N) is 2. The van der Waals surface area contributed by atoms with Gasteiger partial charge >= 0.3 is 0 Å². The monoisotopic (exact) mass is 434 g/mol. The maximum absolute atomic E-state index is 13.0. The van der Waals surface area contributed by atoms with Crippen molar-refractivity contribution < 1.29 is 4.79 Å². The molecule has 6 nitrogen and oxygen atoms in total. The largest absolute Gasteiger partial charge is 0.322 e. The van der Waals surface area contributed by atoms with E-state index in [2.05, 4.69) is 20.3 Å². The minimum absolute atomic E-state index is 0.193. The molecule has 0 bridgehead atoms. The molecule has 1 saturated carbocycles. The molecule has 3 aromatic rings. The highest BCUT2D eigenvalue weighted by atomic mass is 32.2. The summed E-state index contributed by atoms with van der Waals surface area (Å²) < 4.78 is 0. The summed E-state index contributed by atoms with van der Waals surface area (Å²) in [5.41, 5.74) is 2.39. The Kier molecular flexibility index (Phi) is 6.82. The fourth-order valence-corrected chi connectivity index (χ4v) is 5.07. The van der Waals surface area contributed by atoms with Crippen LogP contribution in [0.25, 0.3) is 11.4 Å². The summed E-state index contributed by atoms with van der Waals surface area (Å²) in [6.07, 6.45) is 8.21. The molecule has 4 rings (SSSR count). The third kappa shape index (κ3) is 5.61. The molecule has 2 aromatic heterocycles. The molecule has 0 unspecified atom stereocenters. The zero-order valence-corrected chi connectivity index (χ0v) is 18.4. The van der Waals surface area contributed by atoms with Crippen molar-refractivity contribution in [2.75, 3.05) is 11.1 Å². The number of thioether (sulfide) groups is 1. The van der Waals surface area contributed by atoms with Crippen molar-refractivity contribution in [1.29, 1.82) is 0 Å². The van der Waals surface area contributed by atoms with Gasteiger partial charge in [0.25, 0.3) is 11.5 Å². The number of aromatic nitrogens is 3. The van der Waals surface area contributed by atoms with E-state index in [1.165, 1.54) is 38.2 Å². The lowest BCUT2D eigenvalue weighted by molar-refractivity contribution is 0.102. The van der Waals surface area contributed by atoms with Crippen molar-refractivity contribution in [3.63, 3.8) is 0 Å². The molecule has 2 N–H and O–H groups in total. The Balaban J connectivity index is 1.49. The van der Waals surface area contributed by atoms with Crippen molar-refractivity contribution in [1.82, 2.24) is 15.0 Å². The third-order valence-electron chi connectivity index (χ3n) is 5.46. The van der Waals surface area contributed by atoms with Gasteiger partial charge in [0.1, 0.15) is 10.9 Å². The Morgan fingerprint density at radius 1 is 1.16 bits per heavy atom. The van der Waals surface area contributed by atoms with Crippen LogP contribution in [-0.2, 0) is 0 Å². The Hall–Kier alpha value is -2.93. The van der Waals surface area contributed by atoms with Gasteiger partial charge in [-0.25, -0.2) is 9.97 Å². The molecule has 1 aliphatic rings. The molecule has 0 aliphatic heterocycles. The topological polar surface area (TPSA) is 87.7 Å². The molecule has 0 saturated heterocycles. The number of H-pyrrole nitrogens is 1. The van der Waals surface area contributed by atoms with Gasteiger partial charge in [-0.2, -0.15) is 0 Å². The highest BCUT2D eigenvalue weighted by Crippen LogP contribution is 2.31. The Morgan fingerprint density at radius 2 is 2.00 bits per heavy atom. The second-order valence-corrected chi connectivity index (χ2v) is 8.95. The van der Waals surface area contributed by atoms with Gasteiger partial charge in [-0.3, -0.25) is 9.59 Å². The van der Waals surface area contributed by atoms with Crippen LogP contribution in [-0.4, -0.2) is 26.6 Å². The van der Waals surface area contributed by atoms with Crippen LogP contribution in [0, 0.1) is 12.8 Å². The Morgan fingerprint density at radius 3 is 2.81 bits per heavy atom. The molecule has 0 spiro atoms. The van der Waals surface area contributed by atoms with Gasteiger partial charge in [-0.05, 0) is 49.9 Å². The van der Waals surface area contributed by atoms with Gasteiger partial charge in [0.2, 0.25) is 0 Å². The minimum atomic E-state index is -0.202. The molecule has 31 heavy (non-hydrogen) atoms. The van der Waals surface area contributed by atoms with Gasteiger partial charge in [0.15, 0.2) is 0 Å². The van der Waals surface area contributed by atoms with E-state index in [4.69, 9.17) is 0 Å². The standard InChI is InChI=1S/C24H26N4O2S/c1-16-13-21(29)28-22(26-16)18-9-5-10-19(14-18)27-23(30)20-11-6-12-25-24(20)31-15-17-7-3-2-4-8-17/h5-6,9-14,17H,2-4,7-8,15H2,1H3,(H,27,30)(H,26,28,29). The normalized spacial score (nSPS) is 14.4. The van der Waals surface area contributed by atoms with Crippen molar-refractivity contribution in [2.45, 2.75) is 44.1 Å². The highest BCUT2D eigenvalue weighted by Gasteiger charge is 2.18. The first kappa shape index (κ1) is 21.3. The van der Waals surface area contributed by atoms with Gasteiger partial charge in [-0.15, -0.1) is 11.8 Å². The number of carbonyl (C=O) groups is 1. The zero-order chi connectivity index (χ0) is 21.6. The number of nitrogens with one attached hydrogen (secondary N) is 2. The van der Waals surface area contributed by atoms with Crippen LogP contribution in [0.3, 0.4) is 0 Å². The predicted octanol–water partition coefficient (Wildman–Crippen LogP) is 5.07. The van der Waals surface area contributed by atoms with E-state index in [1.54, 1.807) is 37.0 Å². The number of benzene rings is 1. The van der Waals surface area contributed by atoms with Crippen LogP contribution >= 0.6 is 11.8 Å². The van der Waals surface area contributed by atoms with Crippen molar-refractivity contribution in [3.05, 3.63) is 70.3 Å². The number of aryl methyl sites for hydroxylation is 1. The van der Waals surface area contributed by atoms with E-state index in [-0.39, 0.29) is 11.5 Å². The van der Waals surface area contributed by atoms with Gasteiger partial charge < -0.3 is 10.3 Å². The average Bonchev–Trinajstić information content (AvgIpc) is 2.78. The number of anilines is 1. The van der Waals surface area contributed by atoms with Crippen LogP contribution in [0.1, 0.15) is 48.2 Å². The number of amides is 1. The second-order valence-electron chi connectivity index (χ2n) is 7.94. The van der Waals surface area contributed by atoms with E-state index in [1.807, 2.05) is 24.3 Å². The maximum atomic E-state index is 13.0. The predicted molar refractivity (Wildman–Crippen MR) is 125 cm³/mol. The number of pyridine rings is 1. The maximum Gasteiger partial charge on any atom is 0.258 e. The fourth-order valence-electron chi connectivity index (χ4n) is 3.89. The van der Waals surface area contributed by atoms with Crippen molar-refractivity contribution in [3.8, 4) is 11.4 Å². The van der Waals surface area contributed by atoms with Gasteiger partial charge in [0, 0.05) is 35.0 Å². The molecule has 1 amide bonds. The van der Waals surface area contributed by atoms with Crippen LogP contribution in [0.2, 0.25) is 0 Å². The van der Waals surface area contributed by atoms with E-state index in [9.17, 15) is 9.59 Å². The van der Waals surface area contributed by atoms with Crippen LogP contribution < -0.4 is 10.9 Å². The lowest BCUT2D eigenvalue weighted by Crippen LogP contribution is -2.15. The summed E-state index contributed by atoms with van der Waals surface area (Å²) in [7, 11) is 0. The van der Waals surface area contributed by atoms with E-state index < -0.39 is 0 Å². The summed E-state index contributed by atoms with van der Waals surface area (Å²) >= 11 is 1.67. The smallest absolute Gasteiger partial charge is 0.258 e. The fraction of sp³-hybridized carbons (Fsp3) is 0.333. The van der Waals surface area contributed by atoms with Crippen LogP contribution in [0.5, 0.6) is 0 Å². The molecule has 0 atom stereocenters. The lowest BCUT2D eigenvalue weighted by atomic mass is 9.91. The number of hydrogen-bond acceptors (Lipinski definition) is 5. The van der Waals surface area contributed by atoms with Crippen LogP contribution in [0.4, 0.5) is 5.69 Å². The average molecular weight is 435 g/mol. The SMILES string of the molecule is Cc1cc(=O)[nH]c(-c2cccc(NC(=O)c3cccnc3SCC3CCCCC3)c2)n1. The number of hydrogen-bond donors (Lipinski definition) is 2. The molecule has 2 heterocycles. The molecule has 1 aromatic carbocycles. The van der Waals surface area contributed by atoms with Crippen molar-refractivity contribution in [2.24, 2.45) is 5.92 Å². The second kappa shape index (κ2) is 9.92. The summed E-state index contributed by atoms with van der Waals surface area (Å²) in [6.45, 7) is 1.78. The van der Waals surface area contributed by atoms with Gasteiger partial charge in [0.05, 0.1) is 5.56 Å². The lowest BCUT2D eigenvalue weighted by Gasteiger charge is -2.21. The quantitative estimate of drug-likeness (QED) is 0.529. The molecule has 1 aliphatic carbocycles. The summed E-state index contributed by atoms with van der Waals surface area (Å²) in [6, 6.07) is 12.4. The highest BCUT2D eigenvalue weighted by molar-refractivity contribution is 7.99. The van der Waals surface area contributed by atoms with E-state index in [0.29, 0.717) is 28.7 Å². The zero-order valence-electron chi connectivity index (χ0n) is 17.6. The van der Waals surface area contributed by atoms with E-state index >= 15 is 0 Å². The molecule has 7 heteroatoms. The Bertz CT molecular complexity index is 1120. The molecule has 160 valence electrons. The molecule has 0 radical (unpaired) electrons. The molecular formula is C24H26N4O2S. The van der Waals surface area contributed by atoms with Crippen LogP contribution in [0.15, 0.2) is 58.5 Å². The first-order chi connectivity index (χ1) is 15.1. The minimum Gasteiger partial charge on any atom is -0.322 e. The third-order valence-corrected chi connectivity index (χ3v) is 6.70. The molecule has 1 fully saturated rings. The van der Waals surface area contributed by atoms with Gasteiger partial charge in [-0.1, -0.05) is 31.4 Å². The summed E-state index contributed by atoms with van der Waals surface area (Å²) in [5, 5.41) is 3.73.